The van der Waals surface area contributed by atoms with E-state index in [1.165, 1.54) is 0 Å². The lowest BCUT2D eigenvalue weighted by molar-refractivity contribution is 0.478. The predicted octanol–water partition coefficient (Wildman–Crippen LogP) is 3.07. The predicted molar refractivity (Wildman–Crippen MR) is 88.5 cm³/mol. The van der Waals surface area contributed by atoms with Crippen LogP contribution in [0, 0.1) is 0 Å². The summed E-state index contributed by atoms with van der Waals surface area (Å²) in [4.78, 5) is 13.6. The molecule has 0 aliphatic carbocycles. The van der Waals surface area contributed by atoms with Gasteiger partial charge in [0.15, 0.2) is 5.66 Å². The second-order valence-corrected chi connectivity index (χ2v) is 5.97. The highest BCUT2D eigenvalue weighted by atomic mass is 79.9. The molecule has 0 saturated heterocycles. The molecule has 2 N–H and O–H groups in total. The molecule has 1 aliphatic rings. The number of nitrogens with zero attached hydrogens (tertiary/aromatic N) is 3. The fraction of sp³-hybridized carbons (Fsp3) is 0.188. The first-order valence-corrected chi connectivity index (χ1v) is 7.45. The van der Waals surface area contributed by atoms with Gasteiger partial charge in [-0.15, -0.1) is 0 Å². The van der Waals surface area contributed by atoms with Crippen molar-refractivity contribution >= 4 is 27.5 Å². The highest BCUT2D eigenvalue weighted by Crippen LogP contribution is 2.36. The number of hydrogen-bond donors (Lipinski definition) is 1. The highest BCUT2D eigenvalue weighted by molar-refractivity contribution is 9.10. The smallest absolute Gasteiger partial charge is 0.182 e. The van der Waals surface area contributed by atoms with Crippen LogP contribution < -0.4 is 5.73 Å². The van der Waals surface area contributed by atoms with Crippen molar-refractivity contribution in [3.05, 3.63) is 64.4 Å². The van der Waals surface area contributed by atoms with Crippen molar-refractivity contribution in [1.82, 2.24) is 4.98 Å². The maximum atomic E-state index is 5.97. The molecule has 0 fully saturated rings. The van der Waals surface area contributed by atoms with Crippen LogP contribution in [0.1, 0.15) is 18.1 Å². The van der Waals surface area contributed by atoms with Crippen molar-refractivity contribution in [2.75, 3.05) is 0 Å². The summed E-state index contributed by atoms with van der Waals surface area (Å²) in [5, 5.41) is 0. The number of halogens is 1. The van der Waals surface area contributed by atoms with Gasteiger partial charge in [-0.2, -0.15) is 0 Å². The maximum Gasteiger partial charge on any atom is 0.182 e. The minimum atomic E-state index is -0.693. The molecule has 1 atom stereocenters. The molecule has 0 bridgehead atoms. The van der Waals surface area contributed by atoms with E-state index in [0.717, 1.165) is 21.3 Å². The molecule has 1 aliphatic heterocycles. The van der Waals surface area contributed by atoms with E-state index in [0.29, 0.717) is 12.3 Å². The van der Waals surface area contributed by atoms with E-state index < -0.39 is 5.66 Å². The standard InChI is InChI=1S/C16H15BrN4/c1-11-15(18)21-16(20-11,9-12-4-3-7-19-10-12)13-5-2-6-14(17)8-13/h2-8,10H,9H2,1H3,(H2,18,21)/t16-/m0/s1. The van der Waals surface area contributed by atoms with Gasteiger partial charge in [0.1, 0.15) is 5.84 Å². The Labute approximate surface area is 132 Å². The number of aromatic nitrogens is 1. The first-order chi connectivity index (χ1) is 10.1. The number of aliphatic imine (C=N–C) groups is 2. The molecule has 1 aromatic heterocycles. The van der Waals surface area contributed by atoms with E-state index >= 15 is 0 Å². The zero-order valence-corrected chi connectivity index (χ0v) is 13.2. The summed E-state index contributed by atoms with van der Waals surface area (Å²) < 4.78 is 0.999. The van der Waals surface area contributed by atoms with Gasteiger partial charge in [0.2, 0.25) is 0 Å². The van der Waals surface area contributed by atoms with Gasteiger partial charge in [0.05, 0.1) is 5.71 Å². The zero-order valence-electron chi connectivity index (χ0n) is 11.6. The van der Waals surface area contributed by atoms with Crippen molar-refractivity contribution in [1.29, 1.82) is 0 Å². The molecule has 0 saturated carbocycles. The Bertz CT molecular complexity index is 704. The van der Waals surface area contributed by atoms with Gasteiger partial charge in [0.25, 0.3) is 0 Å². The van der Waals surface area contributed by atoms with Gasteiger partial charge in [-0.25, -0.2) is 4.99 Å². The fourth-order valence-corrected chi connectivity index (χ4v) is 2.87. The van der Waals surface area contributed by atoms with Gasteiger partial charge < -0.3 is 5.73 Å². The molecule has 0 unspecified atom stereocenters. The SMILES string of the molecule is CC1=N[C@](Cc2cccnc2)(c2cccc(Br)c2)N=C1N. The molecule has 0 radical (unpaired) electrons. The second kappa shape index (κ2) is 5.41. The van der Waals surface area contributed by atoms with E-state index in [1.807, 2.05) is 49.5 Å². The first kappa shape index (κ1) is 13.9. The monoisotopic (exact) mass is 342 g/mol. The average Bonchev–Trinajstić information content (AvgIpc) is 2.76. The van der Waals surface area contributed by atoms with Gasteiger partial charge in [-0.05, 0) is 30.7 Å². The van der Waals surface area contributed by atoms with Crippen LogP contribution in [0.25, 0.3) is 0 Å². The van der Waals surface area contributed by atoms with Crippen LogP contribution >= 0.6 is 15.9 Å². The molecule has 1 aromatic carbocycles. The lowest BCUT2D eigenvalue weighted by Crippen LogP contribution is -2.23. The van der Waals surface area contributed by atoms with Crippen LogP contribution in [0.4, 0.5) is 0 Å². The molecular weight excluding hydrogens is 328 g/mol. The van der Waals surface area contributed by atoms with E-state index in [4.69, 9.17) is 10.7 Å². The molecule has 5 heteroatoms. The zero-order chi connectivity index (χ0) is 14.9. The Balaban J connectivity index is 2.09. The highest BCUT2D eigenvalue weighted by Gasteiger charge is 2.36. The fourth-order valence-electron chi connectivity index (χ4n) is 2.47. The Kier molecular flexibility index (Phi) is 3.59. The quantitative estimate of drug-likeness (QED) is 0.931. The number of nitrogens with two attached hydrogens (primary N) is 1. The molecule has 2 heterocycles. The molecule has 2 aromatic rings. The maximum absolute atomic E-state index is 5.97. The third kappa shape index (κ3) is 2.74. The van der Waals surface area contributed by atoms with E-state index in [2.05, 4.69) is 25.9 Å². The minimum Gasteiger partial charge on any atom is -0.382 e. The Hall–Kier alpha value is -2.01. The number of amidine groups is 1. The van der Waals surface area contributed by atoms with Gasteiger partial charge in [-0.1, -0.05) is 34.1 Å². The Morgan fingerprint density at radius 2 is 2.05 bits per heavy atom. The summed E-state index contributed by atoms with van der Waals surface area (Å²) in [6.07, 6.45) is 4.24. The lowest BCUT2D eigenvalue weighted by Gasteiger charge is -2.24. The lowest BCUT2D eigenvalue weighted by atomic mass is 9.94. The summed E-state index contributed by atoms with van der Waals surface area (Å²) in [5.74, 6) is 0.499. The van der Waals surface area contributed by atoms with Crippen LogP contribution in [0.5, 0.6) is 0 Å². The van der Waals surface area contributed by atoms with Crippen LogP contribution in [-0.2, 0) is 12.1 Å². The van der Waals surface area contributed by atoms with Crippen molar-refractivity contribution in [3.63, 3.8) is 0 Å². The van der Waals surface area contributed by atoms with Crippen molar-refractivity contribution in [2.24, 2.45) is 15.7 Å². The van der Waals surface area contributed by atoms with E-state index in [1.54, 1.807) is 6.20 Å². The summed E-state index contributed by atoms with van der Waals surface area (Å²) in [6.45, 7) is 1.89. The van der Waals surface area contributed by atoms with Crippen molar-refractivity contribution in [3.8, 4) is 0 Å². The Morgan fingerprint density at radius 3 is 2.67 bits per heavy atom. The molecule has 0 spiro atoms. The molecular formula is C16H15BrN4. The number of benzene rings is 1. The number of pyridine rings is 1. The third-order valence-electron chi connectivity index (χ3n) is 3.49. The molecule has 4 nitrogen and oxygen atoms in total. The average molecular weight is 343 g/mol. The largest absolute Gasteiger partial charge is 0.382 e. The summed E-state index contributed by atoms with van der Waals surface area (Å²) >= 11 is 3.51. The van der Waals surface area contributed by atoms with Crippen LogP contribution in [-0.4, -0.2) is 16.5 Å². The first-order valence-electron chi connectivity index (χ1n) is 6.66. The van der Waals surface area contributed by atoms with Gasteiger partial charge >= 0.3 is 0 Å². The summed E-state index contributed by atoms with van der Waals surface area (Å²) in [7, 11) is 0. The van der Waals surface area contributed by atoms with Gasteiger partial charge in [-0.3, -0.25) is 9.98 Å². The second-order valence-electron chi connectivity index (χ2n) is 5.06. The van der Waals surface area contributed by atoms with E-state index in [-0.39, 0.29) is 0 Å². The van der Waals surface area contributed by atoms with Crippen molar-refractivity contribution < 1.29 is 0 Å². The number of rotatable bonds is 3. The summed E-state index contributed by atoms with van der Waals surface area (Å²) in [5.41, 5.74) is 8.15. The molecule has 0 amide bonds. The van der Waals surface area contributed by atoms with Crippen molar-refractivity contribution in [2.45, 2.75) is 19.0 Å². The normalized spacial score (nSPS) is 21.0. The topological polar surface area (TPSA) is 63.6 Å². The van der Waals surface area contributed by atoms with Crippen LogP contribution in [0.15, 0.2) is 63.2 Å². The minimum absolute atomic E-state index is 0.499. The molecule has 21 heavy (non-hydrogen) atoms. The Morgan fingerprint density at radius 1 is 1.19 bits per heavy atom. The van der Waals surface area contributed by atoms with E-state index in [9.17, 15) is 0 Å². The van der Waals surface area contributed by atoms with Gasteiger partial charge in [0, 0.05) is 28.9 Å². The summed E-state index contributed by atoms with van der Waals surface area (Å²) in [6, 6.07) is 12.0. The number of hydrogen-bond acceptors (Lipinski definition) is 4. The molecule has 106 valence electrons. The third-order valence-corrected chi connectivity index (χ3v) is 3.98. The molecule has 3 rings (SSSR count). The van der Waals surface area contributed by atoms with Crippen LogP contribution in [0.2, 0.25) is 0 Å². The van der Waals surface area contributed by atoms with Crippen LogP contribution in [0.3, 0.4) is 0 Å².